The lowest BCUT2D eigenvalue weighted by Gasteiger charge is -2.23. The molecular formula is C29H30FN5O2S. The summed E-state index contributed by atoms with van der Waals surface area (Å²) in [5, 5.41) is 1.97. The SMILES string of the molecule is Cc1[nH]c(-c2cc(F)cc3[nH]ccc23)c(C(C)C)c1-c1ccnc2[nH]c(C3=CCN(S(C)(=O)=O)CC3)cc12. The molecule has 6 rings (SSSR count). The second kappa shape index (κ2) is 8.96. The topological polar surface area (TPSA) is 97.6 Å². The molecule has 5 heterocycles. The second-order valence-electron chi connectivity index (χ2n) is 10.4. The zero-order valence-corrected chi connectivity index (χ0v) is 22.6. The third-order valence-corrected chi connectivity index (χ3v) is 8.76. The first-order chi connectivity index (χ1) is 18.1. The highest BCUT2D eigenvalue weighted by Gasteiger charge is 2.25. The van der Waals surface area contributed by atoms with E-state index in [0.717, 1.165) is 66.8 Å². The number of H-pyrrole nitrogens is 3. The lowest BCUT2D eigenvalue weighted by atomic mass is 9.89. The van der Waals surface area contributed by atoms with E-state index in [4.69, 9.17) is 0 Å². The van der Waals surface area contributed by atoms with Crippen molar-refractivity contribution in [3.05, 3.63) is 71.6 Å². The van der Waals surface area contributed by atoms with E-state index in [-0.39, 0.29) is 11.7 Å². The number of hydrogen-bond acceptors (Lipinski definition) is 3. The maximum absolute atomic E-state index is 14.6. The van der Waals surface area contributed by atoms with Crippen LogP contribution in [0.25, 0.3) is 49.9 Å². The molecule has 4 aromatic heterocycles. The third kappa shape index (κ3) is 4.06. The molecule has 5 aromatic rings. The summed E-state index contributed by atoms with van der Waals surface area (Å²) in [6.07, 6.45) is 7.49. The van der Waals surface area contributed by atoms with Crippen molar-refractivity contribution < 1.29 is 12.8 Å². The van der Waals surface area contributed by atoms with Crippen LogP contribution in [0, 0.1) is 12.7 Å². The van der Waals surface area contributed by atoms with Crippen LogP contribution in [-0.2, 0) is 10.0 Å². The van der Waals surface area contributed by atoms with Gasteiger partial charge in [0.05, 0.1) is 11.9 Å². The number of rotatable bonds is 5. The highest BCUT2D eigenvalue weighted by Crippen LogP contribution is 2.44. The molecule has 7 nitrogen and oxygen atoms in total. The third-order valence-electron chi connectivity index (χ3n) is 7.49. The number of benzene rings is 1. The number of aryl methyl sites for hydroxylation is 1. The predicted octanol–water partition coefficient (Wildman–Crippen LogP) is 6.33. The van der Waals surface area contributed by atoms with Gasteiger partial charge in [0.25, 0.3) is 0 Å². The molecule has 0 bridgehead atoms. The minimum Gasteiger partial charge on any atom is -0.361 e. The largest absolute Gasteiger partial charge is 0.361 e. The number of hydrogen-bond donors (Lipinski definition) is 3. The Morgan fingerprint density at radius 3 is 2.61 bits per heavy atom. The molecule has 0 spiro atoms. The van der Waals surface area contributed by atoms with Crippen molar-refractivity contribution in [2.75, 3.05) is 19.3 Å². The standard InChI is InChI=1S/C29H30FN5O2S/c1-16(2)26-27(17(3)33-28(26)22-13-19(30)14-25-20(22)5-9-31-25)21-6-10-32-29-23(21)15-24(34-29)18-7-11-35(12-8-18)38(4,36)37/h5-7,9-10,13-16,31,33H,8,11-12H2,1-4H3,(H,32,34). The first-order valence-electron chi connectivity index (χ1n) is 12.7. The number of aromatic amines is 3. The summed E-state index contributed by atoms with van der Waals surface area (Å²) in [6.45, 7) is 7.19. The fraction of sp³-hybridized carbons (Fsp3) is 0.276. The van der Waals surface area contributed by atoms with Crippen molar-refractivity contribution >= 4 is 37.5 Å². The minimum atomic E-state index is -3.21. The average Bonchev–Trinajstić information content (AvgIpc) is 3.59. The average molecular weight is 532 g/mol. The van der Waals surface area contributed by atoms with E-state index in [0.29, 0.717) is 19.5 Å². The maximum Gasteiger partial charge on any atom is 0.211 e. The van der Waals surface area contributed by atoms with Crippen LogP contribution in [-0.4, -0.2) is 52.0 Å². The van der Waals surface area contributed by atoms with Crippen LogP contribution in [0.3, 0.4) is 0 Å². The first kappa shape index (κ1) is 24.6. The number of aromatic nitrogens is 4. The number of halogens is 1. The summed E-state index contributed by atoms with van der Waals surface area (Å²) in [5.41, 5.74) is 9.62. The fourth-order valence-electron chi connectivity index (χ4n) is 5.73. The Kier molecular flexibility index (Phi) is 5.81. The smallest absolute Gasteiger partial charge is 0.211 e. The lowest BCUT2D eigenvalue weighted by molar-refractivity contribution is 0.445. The number of fused-ring (bicyclic) bond motifs is 2. The molecule has 196 valence electrons. The van der Waals surface area contributed by atoms with Gasteiger partial charge in [0.2, 0.25) is 10.0 Å². The molecule has 0 amide bonds. The zero-order valence-electron chi connectivity index (χ0n) is 21.8. The van der Waals surface area contributed by atoms with Crippen molar-refractivity contribution in [2.24, 2.45) is 0 Å². The first-order valence-corrected chi connectivity index (χ1v) is 14.6. The summed E-state index contributed by atoms with van der Waals surface area (Å²) in [5.74, 6) is -0.109. The fourth-order valence-corrected chi connectivity index (χ4v) is 6.50. The van der Waals surface area contributed by atoms with Crippen molar-refractivity contribution in [1.82, 2.24) is 24.2 Å². The number of nitrogens with one attached hydrogen (secondary N) is 3. The van der Waals surface area contributed by atoms with Gasteiger partial charge in [0, 0.05) is 64.3 Å². The highest BCUT2D eigenvalue weighted by atomic mass is 32.2. The van der Waals surface area contributed by atoms with Gasteiger partial charge in [-0.05, 0) is 66.3 Å². The molecule has 1 aliphatic heterocycles. The molecule has 0 radical (unpaired) electrons. The van der Waals surface area contributed by atoms with Gasteiger partial charge in [-0.15, -0.1) is 0 Å². The molecule has 0 unspecified atom stereocenters. The molecule has 0 atom stereocenters. The van der Waals surface area contributed by atoms with Crippen LogP contribution in [0.2, 0.25) is 0 Å². The van der Waals surface area contributed by atoms with Gasteiger partial charge in [0.15, 0.2) is 0 Å². The molecule has 0 fully saturated rings. The van der Waals surface area contributed by atoms with Gasteiger partial charge in [-0.25, -0.2) is 17.8 Å². The Labute approximate surface area is 220 Å². The molecule has 3 N–H and O–H groups in total. The minimum absolute atomic E-state index is 0.173. The molecule has 1 aliphatic rings. The van der Waals surface area contributed by atoms with Crippen LogP contribution in [0.5, 0.6) is 0 Å². The maximum atomic E-state index is 14.6. The summed E-state index contributed by atoms with van der Waals surface area (Å²) >= 11 is 0. The Hall–Kier alpha value is -3.69. The Bertz CT molecular complexity index is 1840. The Morgan fingerprint density at radius 2 is 1.89 bits per heavy atom. The van der Waals surface area contributed by atoms with Crippen molar-refractivity contribution in [1.29, 1.82) is 0 Å². The van der Waals surface area contributed by atoms with E-state index >= 15 is 0 Å². The van der Waals surface area contributed by atoms with Gasteiger partial charge in [-0.3, -0.25) is 0 Å². The van der Waals surface area contributed by atoms with E-state index in [2.05, 4.69) is 46.8 Å². The van der Waals surface area contributed by atoms with E-state index in [1.165, 1.54) is 16.6 Å². The Morgan fingerprint density at radius 1 is 1.08 bits per heavy atom. The number of nitrogens with zero attached hydrogens (tertiary/aromatic N) is 2. The van der Waals surface area contributed by atoms with Crippen LogP contribution < -0.4 is 0 Å². The van der Waals surface area contributed by atoms with Gasteiger partial charge in [-0.1, -0.05) is 19.9 Å². The summed E-state index contributed by atoms with van der Waals surface area (Å²) < 4.78 is 39.9. The second-order valence-corrected chi connectivity index (χ2v) is 12.3. The summed E-state index contributed by atoms with van der Waals surface area (Å²) in [4.78, 5) is 14.8. The van der Waals surface area contributed by atoms with Crippen molar-refractivity contribution in [3.63, 3.8) is 0 Å². The quantitative estimate of drug-likeness (QED) is 0.247. The normalized spacial score (nSPS) is 15.2. The van der Waals surface area contributed by atoms with Gasteiger partial charge >= 0.3 is 0 Å². The van der Waals surface area contributed by atoms with Crippen molar-refractivity contribution in [3.8, 4) is 22.4 Å². The van der Waals surface area contributed by atoms with Gasteiger partial charge in [0.1, 0.15) is 11.5 Å². The molecule has 0 saturated carbocycles. The van der Waals surface area contributed by atoms with E-state index < -0.39 is 10.0 Å². The molecule has 9 heteroatoms. The van der Waals surface area contributed by atoms with E-state index in [9.17, 15) is 12.8 Å². The number of pyridine rings is 1. The summed E-state index contributed by atoms with van der Waals surface area (Å²) in [6, 6.07) is 9.25. The van der Waals surface area contributed by atoms with Crippen LogP contribution in [0.15, 0.2) is 48.8 Å². The monoisotopic (exact) mass is 531 g/mol. The van der Waals surface area contributed by atoms with E-state index in [1.807, 2.05) is 24.4 Å². The Balaban J connectivity index is 1.50. The molecule has 0 saturated heterocycles. The molecule has 1 aromatic carbocycles. The molecule has 38 heavy (non-hydrogen) atoms. The van der Waals surface area contributed by atoms with Crippen LogP contribution >= 0.6 is 0 Å². The van der Waals surface area contributed by atoms with Crippen LogP contribution in [0.1, 0.15) is 43.1 Å². The van der Waals surface area contributed by atoms with Crippen molar-refractivity contribution in [2.45, 2.75) is 33.1 Å². The highest BCUT2D eigenvalue weighted by molar-refractivity contribution is 7.88. The summed E-state index contributed by atoms with van der Waals surface area (Å²) in [7, 11) is -3.21. The zero-order chi connectivity index (χ0) is 26.8. The predicted molar refractivity (Wildman–Crippen MR) is 151 cm³/mol. The molecule has 0 aliphatic carbocycles. The number of sulfonamides is 1. The van der Waals surface area contributed by atoms with Gasteiger partial charge in [-0.2, -0.15) is 4.31 Å². The van der Waals surface area contributed by atoms with Gasteiger partial charge < -0.3 is 15.0 Å². The van der Waals surface area contributed by atoms with Crippen LogP contribution in [0.4, 0.5) is 4.39 Å². The lowest BCUT2D eigenvalue weighted by Crippen LogP contribution is -2.33. The van der Waals surface area contributed by atoms with E-state index in [1.54, 1.807) is 12.3 Å². The molecular weight excluding hydrogens is 501 g/mol.